The van der Waals surface area contributed by atoms with Crippen LogP contribution in [-0.4, -0.2) is 158 Å². The average Bonchev–Trinajstić information content (AvgIpc) is 3.57. The first-order valence-corrected chi connectivity index (χ1v) is 19.7. The van der Waals surface area contributed by atoms with Crippen molar-refractivity contribution >= 4 is 58.4 Å². The van der Waals surface area contributed by atoms with Crippen molar-refractivity contribution in [1.82, 2.24) is 35.6 Å². The lowest BCUT2D eigenvalue weighted by Gasteiger charge is -2.15. The predicted octanol–water partition coefficient (Wildman–Crippen LogP) is -0.916. The largest absolute Gasteiger partial charge is 0.480 e. The Morgan fingerprint density at radius 3 is 1.92 bits per heavy atom. The molecule has 4 rings (SSSR count). The van der Waals surface area contributed by atoms with Crippen LogP contribution in [-0.2, 0) is 63.8 Å². The number of ether oxygens (including phenoxy) is 6. The number of rotatable bonds is 31. The summed E-state index contributed by atoms with van der Waals surface area (Å²) in [4.78, 5) is 103. The molecule has 1 saturated heterocycles. The van der Waals surface area contributed by atoms with Gasteiger partial charge in [-0.15, -0.1) is 5.06 Å². The molecule has 62 heavy (non-hydrogen) atoms. The number of anilines is 2. The van der Waals surface area contributed by atoms with Crippen LogP contribution in [0.3, 0.4) is 0 Å². The van der Waals surface area contributed by atoms with Gasteiger partial charge in [-0.2, -0.15) is 4.98 Å². The number of nitrogens with one attached hydrogen (secondary N) is 4. The molecule has 7 N–H and O–H groups in total. The highest BCUT2D eigenvalue weighted by atomic mass is 16.7. The molecule has 1 aromatic carbocycles. The Balaban J connectivity index is 0.917. The minimum absolute atomic E-state index is 0.0357. The first-order valence-electron chi connectivity index (χ1n) is 19.7. The lowest BCUT2D eigenvalue weighted by molar-refractivity contribution is -0.198. The molecule has 24 nitrogen and oxygen atoms in total. The Kier molecular flexibility index (Phi) is 21.0. The molecule has 4 amide bonds. The number of nitrogens with zero attached hydrogens (tertiary/aromatic N) is 4. The van der Waals surface area contributed by atoms with Crippen molar-refractivity contribution in [1.29, 1.82) is 0 Å². The summed E-state index contributed by atoms with van der Waals surface area (Å²) in [6.45, 7) is 3.98. The fraction of sp³-hybridized carbons (Fsp3) is 0.526. The highest BCUT2D eigenvalue weighted by Crippen LogP contribution is 2.14. The van der Waals surface area contributed by atoms with Crippen LogP contribution in [0.15, 0.2) is 35.3 Å². The number of hydrogen-bond acceptors (Lipinski definition) is 19. The summed E-state index contributed by atoms with van der Waals surface area (Å²) >= 11 is 0. The first kappa shape index (κ1) is 48.5. The molecule has 0 bridgehead atoms. The maximum atomic E-state index is 12.8. The molecule has 338 valence electrons. The quantitative estimate of drug-likeness (QED) is 0.0336. The van der Waals surface area contributed by atoms with E-state index >= 15 is 0 Å². The van der Waals surface area contributed by atoms with E-state index in [-0.39, 0.29) is 87.7 Å². The third-order valence-corrected chi connectivity index (χ3v) is 8.45. The number of hydrogen-bond donors (Lipinski definition) is 6. The normalized spacial score (nSPS) is 13.0. The van der Waals surface area contributed by atoms with Crippen LogP contribution in [0.4, 0.5) is 11.6 Å². The number of fused-ring (bicyclic) bond motifs is 1. The summed E-state index contributed by atoms with van der Waals surface area (Å²) in [6, 6.07) is 4.97. The van der Waals surface area contributed by atoms with E-state index in [9.17, 15) is 38.7 Å². The number of benzene rings is 1. The minimum atomic E-state index is -1.29. The molecule has 0 radical (unpaired) electrons. The summed E-state index contributed by atoms with van der Waals surface area (Å²) in [5, 5.41) is 18.3. The zero-order valence-electron chi connectivity index (χ0n) is 33.9. The summed E-state index contributed by atoms with van der Waals surface area (Å²) in [5.41, 5.74) is 6.48. The van der Waals surface area contributed by atoms with Gasteiger partial charge in [0.15, 0.2) is 11.2 Å². The van der Waals surface area contributed by atoms with Crippen LogP contribution < -0.4 is 27.2 Å². The van der Waals surface area contributed by atoms with Crippen molar-refractivity contribution in [2.45, 2.75) is 44.7 Å². The highest BCUT2D eigenvalue weighted by molar-refractivity contribution is 6.01. The lowest BCUT2D eigenvalue weighted by atomic mass is 10.1. The van der Waals surface area contributed by atoms with Crippen molar-refractivity contribution in [2.75, 3.05) is 96.9 Å². The molecule has 1 aliphatic heterocycles. The van der Waals surface area contributed by atoms with Gasteiger partial charge in [-0.3, -0.25) is 29.0 Å². The smallest absolute Gasteiger partial charge is 0.335 e. The molecule has 0 saturated carbocycles. The summed E-state index contributed by atoms with van der Waals surface area (Å²) in [5.74, 6) is -4.15. The van der Waals surface area contributed by atoms with Crippen LogP contribution in [0.1, 0.15) is 48.2 Å². The molecule has 1 aliphatic rings. The van der Waals surface area contributed by atoms with Gasteiger partial charge >= 0.3 is 11.9 Å². The molecule has 2 aromatic heterocycles. The molecule has 0 unspecified atom stereocenters. The first-order chi connectivity index (χ1) is 30.0. The summed E-state index contributed by atoms with van der Waals surface area (Å²) in [6.07, 6.45) is 1.16. The molecule has 0 aliphatic carbocycles. The van der Waals surface area contributed by atoms with Crippen LogP contribution in [0.25, 0.3) is 11.2 Å². The van der Waals surface area contributed by atoms with Gasteiger partial charge in [-0.1, -0.05) is 0 Å². The van der Waals surface area contributed by atoms with E-state index in [1.165, 1.54) is 18.3 Å². The van der Waals surface area contributed by atoms with Gasteiger partial charge < -0.3 is 60.0 Å². The van der Waals surface area contributed by atoms with Gasteiger partial charge in [0, 0.05) is 37.1 Å². The van der Waals surface area contributed by atoms with Gasteiger partial charge in [0.2, 0.25) is 11.9 Å². The Morgan fingerprint density at radius 1 is 0.774 bits per heavy atom. The van der Waals surface area contributed by atoms with E-state index in [4.69, 9.17) is 39.0 Å². The molecule has 3 heterocycles. The topological polar surface area (TPSA) is 324 Å². The number of carboxylic acid groups (broad SMARTS) is 1. The fourth-order valence-corrected chi connectivity index (χ4v) is 5.28. The van der Waals surface area contributed by atoms with Crippen LogP contribution in [0.5, 0.6) is 0 Å². The van der Waals surface area contributed by atoms with Gasteiger partial charge in [0.25, 0.3) is 23.3 Å². The Bertz CT molecular complexity index is 1980. The number of imide groups is 1. The number of carbonyl (C=O) groups excluding carboxylic acids is 5. The number of hydroxylamine groups is 2. The van der Waals surface area contributed by atoms with Crippen molar-refractivity contribution in [2.24, 2.45) is 0 Å². The van der Waals surface area contributed by atoms with Crippen molar-refractivity contribution in [3.63, 3.8) is 0 Å². The van der Waals surface area contributed by atoms with Gasteiger partial charge in [-0.25, -0.2) is 19.6 Å². The molecule has 3 aromatic rings. The number of amides is 4. The molecule has 1 fully saturated rings. The summed E-state index contributed by atoms with van der Waals surface area (Å²) in [7, 11) is 0. The molecule has 24 heteroatoms. The van der Waals surface area contributed by atoms with E-state index in [0.29, 0.717) is 75.9 Å². The van der Waals surface area contributed by atoms with E-state index < -0.39 is 47.2 Å². The number of nitrogens with two attached hydrogens (primary N) is 1. The number of aromatic amines is 1. The number of aromatic nitrogens is 4. The van der Waals surface area contributed by atoms with Gasteiger partial charge in [0.1, 0.15) is 6.04 Å². The van der Waals surface area contributed by atoms with E-state index in [0.717, 1.165) is 0 Å². The maximum Gasteiger partial charge on any atom is 0.335 e. The zero-order chi connectivity index (χ0) is 44.5. The van der Waals surface area contributed by atoms with Crippen molar-refractivity contribution in [3.8, 4) is 0 Å². The predicted molar refractivity (Wildman–Crippen MR) is 214 cm³/mol. The lowest BCUT2D eigenvalue weighted by Crippen LogP contribution is -2.41. The molecular formula is C38H51N9O15. The Morgan fingerprint density at radius 2 is 1.34 bits per heavy atom. The van der Waals surface area contributed by atoms with Gasteiger partial charge in [0.05, 0.1) is 104 Å². The number of nitrogen functional groups attached to an aromatic ring is 1. The van der Waals surface area contributed by atoms with E-state index in [2.05, 4.69) is 35.9 Å². The highest BCUT2D eigenvalue weighted by Gasteiger charge is 2.32. The van der Waals surface area contributed by atoms with Gasteiger partial charge in [-0.05, 0) is 30.7 Å². The number of aliphatic carboxylic acids is 1. The average molecular weight is 874 g/mol. The van der Waals surface area contributed by atoms with Crippen molar-refractivity contribution in [3.05, 3.63) is 52.1 Å². The standard InChI is InChI=1S/C38H51N9O15/c39-38-45-34-33(36(53)46-38)43-27(24-42-34)23-41-26-3-1-25(2-4-26)35(52)44-28(37(54)55)5-6-29(48)40-10-12-57-14-16-59-18-20-61-22-21-60-19-17-58-15-13-56-11-9-32(51)62-47-30(49)7-8-31(47)50/h1-4,24,28,41H,5-23H2,(H,40,48)(H,44,52)(H,54,55)(H3,39,42,45,46,53)/t28-/m0/s1. The fourth-order valence-electron chi connectivity index (χ4n) is 5.28. The minimum Gasteiger partial charge on any atom is -0.480 e. The summed E-state index contributed by atoms with van der Waals surface area (Å²) < 4.78 is 32.4. The van der Waals surface area contributed by atoms with Crippen LogP contribution >= 0.6 is 0 Å². The van der Waals surface area contributed by atoms with E-state index in [1.807, 2.05) is 0 Å². The van der Waals surface area contributed by atoms with E-state index in [1.54, 1.807) is 12.1 Å². The number of carbonyl (C=O) groups is 6. The third-order valence-electron chi connectivity index (χ3n) is 8.45. The van der Waals surface area contributed by atoms with Crippen LogP contribution in [0.2, 0.25) is 0 Å². The zero-order valence-corrected chi connectivity index (χ0v) is 33.9. The second-order valence-corrected chi connectivity index (χ2v) is 13.1. The molecule has 1 atom stereocenters. The molecular weight excluding hydrogens is 822 g/mol. The Labute approximate surface area is 354 Å². The molecule has 0 spiro atoms. The third kappa shape index (κ3) is 17.8. The monoisotopic (exact) mass is 873 g/mol. The second-order valence-electron chi connectivity index (χ2n) is 13.1. The second kappa shape index (κ2) is 26.9. The van der Waals surface area contributed by atoms with Crippen molar-refractivity contribution < 1.29 is 67.1 Å². The Hall–Kier alpha value is -6.18. The van der Waals surface area contributed by atoms with Crippen LogP contribution in [0, 0.1) is 0 Å². The number of carboxylic acids is 1. The maximum absolute atomic E-state index is 12.8. The number of H-pyrrole nitrogens is 1. The SMILES string of the molecule is Nc1nc2ncc(CNc3ccc(C(=O)N[C@@H](CCC(=O)NCCOCCOCCOCCOCCOCCOCCC(=O)ON4C(=O)CCC4=O)C(=O)O)cc3)nc2c(=O)[nH]1.